The number of benzene rings is 1. The van der Waals surface area contributed by atoms with Crippen LogP contribution in [0.5, 0.6) is 0 Å². The average molecular weight is 330 g/mol. The lowest BCUT2D eigenvalue weighted by atomic mass is 9.86. The molecule has 1 aliphatic carbocycles. The van der Waals surface area contributed by atoms with Gasteiger partial charge in [-0.2, -0.15) is 0 Å². The highest BCUT2D eigenvalue weighted by atomic mass is 79.9. The summed E-state index contributed by atoms with van der Waals surface area (Å²) >= 11 is 3.23. The van der Waals surface area contributed by atoms with Gasteiger partial charge in [-0.3, -0.25) is 4.79 Å². The number of aliphatic carboxylic acids is 1. The Balaban J connectivity index is 1.91. The summed E-state index contributed by atoms with van der Waals surface area (Å²) in [5.74, 6) is -1.23. The molecule has 0 spiro atoms. The van der Waals surface area contributed by atoms with Crippen LogP contribution in [0.15, 0.2) is 22.7 Å². The molecule has 2 atom stereocenters. The van der Waals surface area contributed by atoms with Gasteiger partial charge in [0, 0.05) is 12.6 Å². The Kier molecular flexibility index (Phi) is 4.93. The fraction of sp³-hybridized carbons (Fsp3) is 0.500. The smallest absolute Gasteiger partial charge is 0.306 e. The molecule has 0 saturated heterocycles. The number of carboxylic acid groups (broad SMARTS) is 1. The predicted octanol–water partition coefficient (Wildman–Crippen LogP) is 3.32. The maximum absolute atomic E-state index is 13.4. The molecule has 0 heterocycles. The molecule has 1 saturated carbocycles. The topological polar surface area (TPSA) is 49.3 Å². The van der Waals surface area contributed by atoms with E-state index in [4.69, 9.17) is 5.11 Å². The number of hydrogen-bond donors (Lipinski definition) is 2. The second-order valence-electron chi connectivity index (χ2n) is 4.99. The van der Waals surface area contributed by atoms with Crippen molar-refractivity contribution in [3.63, 3.8) is 0 Å². The monoisotopic (exact) mass is 329 g/mol. The van der Waals surface area contributed by atoms with Crippen molar-refractivity contribution >= 4 is 21.9 Å². The van der Waals surface area contributed by atoms with E-state index < -0.39 is 5.97 Å². The SMILES string of the molecule is O=C(O)C1CCCC(NCc2cccc(F)c2Br)C1. The molecular weight excluding hydrogens is 313 g/mol. The Morgan fingerprint density at radius 2 is 2.26 bits per heavy atom. The first-order valence-corrected chi connectivity index (χ1v) is 7.26. The molecule has 2 N–H and O–H groups in total. The van der Waals surface area contributed by atoms with Crippen LogP contribution in [0.2, 0.25) is 0 Å². The molecule has 1 aliphatic rings. The quantitative estimate of drug-likeness (QED) is 0.890. The van der Waals surface area contributed by atoms with Gasteiger partial charge in [-0.05, 0) is 46.8 Å². The molecular formula is C14H17BrFNO2. The maximum Gasteiger partial charge on any atom is 0.306 e. The minimum absolute atomic E-state index is 0.199. The van der Waals surface area contributed by atoms with Gasteiger partial charge in [-0.15, -0.1) is 0 Å². The Morgan fingerprint density at radius 1 is 1.47 bits per heavy atom. The number of carbonyl (C=O) groups is 1. The molecule has 2 rings (SSSR count). The molecule has 1 aromatic carbocycles. The molecule has 0 radical (unpaired) electrons. The first-order valence-electron chi connectivity index (χ1n) is 6.47. The highest BCUT2D eigenvalue weighted by molar-refractivity contribution is 9.10. The standard InChI is InChI=1S/C14H17BrFNO2/c15-13-10(4-2-6-12(13)16)8-17-11-5-1-3-9(7-11)14(18)19/h2,4,6,9,11,17H,1,3,5,7-8H2,(H,18,19). The van der Waals surface area contributed by atoms with E-state index in [9.17, 15) is 9.18 Å². The second kappa shape index (κ2) is 6.48. The number of rotatable bonds is 4. The van der Waals surface area contributed by atoms with Gasteiger partial charge in [-0.25, -0.2) is 4.39 Å². The van der Waals surface area contributed by atoms with Crippen molar-refractivity contribution in [2.45, 2.75) is 38.3 Å². The van der Waals surface area contributed by atoms with Crippen molar-refractivity contribution in [3.8, 4) is 0 Å². The molecule has 1 fully saturated rings. The molecule has 1 aromatic rings. The van der Waals surface area contributed by atoms with E-state index in [2.05, 4.69) is 21.2 Å². The van der Waals surface area contributed by atoms with Crippen LogP contribution in [0.3, 0.4) is 0 Å². The summed E-state index contributed by atoms with van der Waals surface area (Å²) in [5.41, 5.74) is 0.859. The van der Waals surface area contributed by atoms with Gasteiger partial charge in [0.1, 0.15) is 5.82 Å². The fourth-order valence-corrected chi connectivity index (χ4v) is 2.94. The molecule has 2 unspecified atom stereocenters. The van der Waals surface area contributed by atoms with Crippen LogP contribution in [0.4, 0.5) is 4.39 Å². The number of halogens is 2. The Hall–Kier alpha value is -0.940. The van der Waals surface area contributed by atoms with Crippen molar-refractivity contribution in [1.29, 1.82) is 0 Å². The van der Waals surface area contributed by atoms with Crippen LogP contribution in [-0.2, 0) is 11.3 Å². The third-order valence-corrected chi connectivity index (χ3v) is 4.52. The summed E-state index contributed by atoms with van der Waals surface area (Å²) in [6.07, 6.45) is 3.33. The van der Waals surface area contributed by atoms with Gasteiger partial charge in [0.2, 0.25) is 0 Å². The van der Waals surface area contributed by atoms with Crippen LogP contribution in [0.1, 0.15) is 31.2 Å². The molecule has 0 bridgehead atoms. The van der Waals surface area contributed by atoms with Crippen LogP contribution in [-0.4, -0.2) is 17.1 Å². The number of carboxylic acids is 1. The van der Waals surface area contributed by atoms with E-state index >= 15 is 0 Å². The molecule has 0 amide bonds. The van der Waals surface area contributed by atoms with E-state index in [1.54, 1.807) is 6.07 Å². The Labute approximate surface area is 120 Å². The lowest BCUT2D eigenvalue weighted by Crippen LogP contribution is -2.36. The summed E-state index contributed by atoms with van der Waals surface area (Å²) in [4.78, 5) is 11.0. The van der Waals surface area contributed by atoms with Gasteiger partial charge in [-0.1, -0.05) is 18.6 Å². The van der Waals surface area contributed by atoms with Crippen molar-refractivity contribution < 1.29 is 14.3 Å². The van der Waals surface area contributed by atoms with Crippen LogP contribution in [0, 0.1) is 11.7 Å². The van der Waals surface area contributed by atoms with Gasteiger partial charge < -0.3 is 10.4 Å². The third-order valence-electron chi connectivity index (χ3n) is 3.64. The minimum atomic E-state index is -0.710. The Morgan fingerprint density at radius 3 is 3.00 bits per heavy atom. The summed E-state index contributed by atoms with van der Waals surface area (Å²) in [6, 6.07) is 5.15. The lowest BCUT2D eigenvalue weighted by molar-refractivity contribution is -0.143. The molecule has 5 heteroatoms. The summed E-state index contributed by atoms with van der Waals surface area (Å²) < 4.78 is 13.8. The summed E-state index contributed by atoms with van der Waals surface area (Å²) in [5, 5.41) is 12.4. The highest BCUT2D eigenvalue weighted by Crippen LogP contribution is 2.25. The first kappa shape index (κ1) is 14.5. The average Bonchev–Trinajstić information content (AvgIpc) is 2.41. The van der Waals surface area contributed by atoms with Gasteiger partial charge in [0.05, 0.1) is 10.4 Å². The second-order valence-corrected chi connectivity index (χ2v) is 5.79. The van der Waals surface area contributed by atoms with Crippen molar-refractivity contribution in [3.05, 3.63) is 34.1 Å². The van der Waals surface area contributed by atoms with Crippen molar-refractivity contribution in [2.24, 2.45) is 5.92 Å². The van der Waals surface area contributed by atoms with Crippen LogP contribution < -0.4 is 5.32 Å². The van der Waals surface area contributed by atoms with E-state index in [1.165, 1.54) is 6.07 Å². The third kappa shape index (κ3) is 3.76. The normalized spacial score (nSPS) is 23.3. The highest BCUT2D eigenvalue weighted by Gasteiger charge is 2.26. The summed E-state index contributed by atoms with van der Waals surface area (Å²) in [7, 11) is 0. The predicted molar refractivity (Wildman–Crippen MR) is 74.3 cm³/mol. The van der Waals surface area contributed by atoms with Crippen LogP contribution >= 0.6 is 15.9 Å². The zero-order valence-electron chi connectivity index (χ0n) is 10.5. The van der Waals surface area contributed by atoms with E-state index in [0.717, 1.165) is 24.8 Å². The molecule has 0 aromatic heterocycles. The minimum Gasteiger partial charge on any atom is -0.481 e. The van der Waals surface area contributed by atoms with E-state index in [-0.39, 0.29) is 17.8 Å². The molecule has 19 heavy (non-hydrogen) atoms. The van der Waals surface area contributed by atoms with Crippen molar-refractivity contribution in [1.82, 2.24) is 5.32 Å². The Bertz CT molecular complexity index is 467. The van der Waals surface area contributed by atoms with Gasteiger partial charge in [0.25, 0.3) is 0 Å². The van der Waals surface area contributed by atoms with E-state index in [1.807, 2.05) is 6.07 Å². The van der Waals surface area contributed by atoms with Gasteiger partial charge >= 0.3 is 5.97 Å². The first-order chi connectivity index (χ1) is 9.08. The molecule has 0 aliphatic heterocycles. The fourth-order valence-electron chi connectivity index (χ4n) is 2.54. The maximum atomic E-state index is 13.4. The number of hydrogen-bond acceptors (Lipinski definition) is 2. The number of nitrogens with one attached hydrogen (secondary N) is 1. The molecule has 104 valence electrons. The van der Waals surface area contributed by atoms with Crippen molar-refractivity contribution in [2.75, 3.05) is 0 Å². The zero-order valence-corrected chi connectivity index (χ0v) is 12.1. The lowest BCUT2D eigenvalue weighted by Gasteiger charge is -2.27. The summed E-state index contributed by atoms with van der Waals surface area (Å²) in [6.45, 7) is 0.551. The van der Waals surface area contributed by atoms with Gasteiger partial charge in [0.15, 0.2) is 0 Å². The molecule has 3 nitrogen and oxygen atoms in total. The van der Waals surface area contributed by atoms with Crippen LogP contribution in [0.25, 0.3) is 0 Å². The van der Waals surface area contributed by atoms with E-state index in [0.29, 0.717) is 17.4 Å². The zero-order chi connectivity index (χ0) is 13.8. The largest absolute Gasteiger partial charge is 0.481 e.